The summed E-state index contributed by atoms with van der Waals surface area (Å²) in [5.41, 5.74) is 1.58. The Morgan fingerprint density at radius 1 is 1.22 bits per heavy atom. The summed E-state index contributed by atoms with van der Waals surface area (Å²) in [6.45, 7) is 8.04. The van der Waals surface area contributed by atoms with Gasteiger partial charge in [0.2, 0.25) is 0 Å². The number of hydrogen-bond acceptors (Lipinski definition) is 3. The van der Waals surface area contributed by atoms with Crippen molar-refractivity contribution in [1.82, 2.24) is 4.72 Å². The fraction of sp³-hybridized carbons (Fsp3) is 0.611. The Morgan fingerprint density at radius 3 is 2.30 bits per heavy atom. The minimum absolute atomic E-state index is 0.0216. The summed E-state index contributed by atoms with van der Waals surface area (Å²) >= 11 is 0. The van der Waals surface area contributed by atoms with E-state index >= 15 is 0 Å². The number of carbonyl (C=O) groups is 1. The Hall–Kier alpha value is -1.20. The zero-order valence-corrected chi connectivity index (χ0v) is 15.7. The molecule has 0 heterocycles. The van der Waals surface area contributed by atoms with Crippen LogP contribution in [0.25, 0.3) is 0 Å². The van der Waals surface area contributed by atoms with E-state index in [2.05, 4.69) is 11.6 Å². The number of esters is 1. The van der Waals surface area contributed by atoms with Crippen LogP contribution in [-0.2, 0) is 15.7 Å². The zero-order chi connectivity index (χ0) is 17.5. The maximum atomic E-state index is 12.4. The smallest absolute Gasteiger partial charge is 0.337 e. The molecule has 1 aromatic carbocycles. The number of benzene rings is 1. The molecule has 0 spiro atoms. The highest BCUT2D eigenvalue weighted by Gasteiger charge is 2.23. The third-order valence-corrected chi connectivity index (χ3v) is 5.25. The van der Waals surface area contributed by atoms with E-state index in [1.165, 1.54) is 7.11 Å². The predicted molar refractivity (Wildman–Crippen MR) is 95.7 cm³/mol. The normalized spacial score (nSPS) is 14.3. The Kier molecular flexibility index (Phi) is 7.92. The molecule has 0 saturated carbocycles. The number of carbonyl (C=O) groups excluding carboxylic acids is 1. The van der Waals surface area contributed by atoms with Crippen molar-refractivity contribution < 1.29 is 13.7 Å². The van der Waals surface area contributed by atoms with Crippen molar-refractivity contribution in [3.8, 4) is 0 Å². The minimum Gasteiger partial charge on any atom is -0.465 e. The lowest BCUT2D eigenvalue weighted by atomic mass is 10.00. The molecule has 0 bridgehead atoms. The molecule has 1 aromatic rings. The van der Waals surface area contributed by atoms with Crippen LogP contribution in [0, 0.1) is 0 Å². The molecule has 2 atom stereocenters. The van der Waals surface area contributed by atoms with E-state index in [9.17, 15) is 9.00 Å². The molecule has 0 fully saturated rings. The van der Waals surface area contributed by atoms with Gasteiger partial charge in [-0.2, -0.15) is 0 Å². The van der Waals surface area contributed by atoms with Crippen LogP contribution >= 0.6 is 0 Å². The van der Waals surface area contributed by atoms with E-state index in [0.29, 0.717) is 5.56 Å². The second-order valence-corrected chi connectivity index (χ2v) is 8.66. The molecular formula is C18H29NO3S. The van der Waals surface area contributed by atoms with Gasteiger partial charge in [0.15, 0.2) is 0 Å². The van der Waals surface area contributed by atoms with Crippen molar-refractivity contribution in [3.05, 3.63) is 35.4 Å². The number of rotatable bonds is 8. The molecule has 4 nitrogen and oxygen atoms in total. The molecule has 130 valence electrons. The van der Waals surface area contributed by atoms with Crippen molar-refractivity contribution in [1.29, 1.82) is 0 Å². The van der Waals surface area contributed by atoms with Gasteiger partial charge < -0.3 is 4.74 Å². The zero-order valence-electron chi connectivity index (χ0n) is 14.8. The number of unbranched alkanes of at least 4 members (excludes halogenated alkanes) is 2. The maximum absolute atomic E-state index is 12.4. The Bertz CT molecular complexity index is 520. The predicted octanol–water partition coefficient (Wildman–Crippen LogP) is 4.15. The van der Waals surface area contributed by atoms with Gasteiger partial charge in [-0.15, -0.1) is 0 Å². The molecule has 1 rings (SSSR count). The van der Waals surface area contributed by atoms with Crippen molar-refractivity contribution >= 4 is 17.0 Å². The first-order chi connectivity index (χ1) is 10.8. The lowest BCUT2D eigenvalue weighted by molar-refractivity contribution is 0.0600. The second kappa shape index (κ2) is 9.18. The quantitative estimate of drug-likeness (QED) is 0.572. The number of ether oxygens (including phenoxy) is 1. The van der Waals surface area contributed by atoms with Crippen LogP contribution in [0.1, 0.15) is 75.3 Å². The van der Waals surface area contributed by atoms with Gasteiger partial charge in [-0.1, -0.05) is 38.3 Å². The molecule has 0 aliphatic carbocycles. The Labute approximate surface area is 142 Å². The number of hydrogen-bond donors (Lipinski definition) is 1. The largest absolute Gasteiger partial charge is 0.465 e. The molecule has 0 radical (unpaired) electrons. The highest BCUT2D eigenvalue weighted by molar-refractivity contribution is 7.84. The molecule has 0 amide bonds. The van der Waals surface area contributed by atoms with E-state index in [-0.39, 0.29) is 16.8 Å². The molecular weight excluding hydrogens is 310 g/mol. The second-order valence-electron chi connectivity index (χ2n) is 6.66. The van der Waals surface area contributed by atoms with Gasteiger partial charge in [0.05, 0.1) is 28.4 Å². The number of methoxy groups -OCH3 is 1. The van der Waals surface area contributed by atoms with Gasteiger partial charge in [0, 0.05) is 6.04 Å². The number of nitrogens with one attached hydrogen (secondary N) is 1. The Balaban J connectivity index is 2.90. The van der Waals surface area contributed by atoms with Gasteiger partial charge in [-0.25, -0.2) is 13.7 Å². The van der Waals surface area contributed by atoms with Gasteiger partial charge in [-0.05, 0) is 44.9 Å². The van der Waals surface area contributed by atoms with Gasteiger partial charge in [0.25, 0.3) is 0 Å². The van der Waals surface area contributed by atoms with Crippen LogP contribution < -0.4 is 4.72 Å². The van der Waals surface area contributed by atoms with E-state index in [1.54, 1.807) is 12.1 Å². The fourth-order valence-electron chi connectivity index (χ4n) is 2.17. The van der Waals surface area contributed by atoms with Crippen molar-refractivity contribution in [2.45, 2.75) is 64.2 Å². The van der Waals surface area contributed by atoms with E-state index in [0.717, 1.165) is 31.2 Å². The lowest BCUT2D eigenvalue weighted by Gasteiger charge is -2.24. The molecule has 0 aliphatic heterocycles. The van der Waals surface area contributed by atoms with Crippen LogP contribution in [0.15, 0.2) is 24.3 Å². The van der Waals surface area contributed by atoms with Crippen LogP contribution in [-0.4, -0.2) is 22.0 Å². The van der Waals surface area contributed by atoms with Crippen LogP contribution in [0.4, 0.5) is 0 Å². The Morgan fingerprint density at radius 2 is 1.83 bits per heavy atom. The summed E-state index contributed by atoms with van der Waals surface area (Å²) in [4.78, 5) is 11.5. The first kappa shape index (κ1) is 19.8. The SMILES string of the molecule is CCCCC[C@H](N[S@@](=O)C(C)(C)C)c1ccc(C(=O)OC)cc1. The molecule has 0 aromatic heterocycles. The maximum Gasteiger partial charge on any atom is 0.337 e. The molecule has 23 heavy (non-hydrogen) atoms. The van der Waals surface area contributed by atoms with Gasteiger partial charge in [0.1, 0.15) is 0 Å². The van der Waals surface area contributed by atoms with Gasteiger partial charge in [-0.3, -0.25) is 0 Å². The van der Waals surface area contributed by atoms with Crippen molar-refractivity contribution in [2.24, 2.45) is 0 Å². The van der Waals surface area contributed by atoms with Crippen LogP contribution in [0.5, 0.6) is 0 Å². The van der Waals surface area contributed by atoms with E-state index in [4.69, 9.17) is 4.74 Å². The van der Waals surface area contributed by atoms with E-state index < -0.39 is 11.0 Å². The third kappa shape index (κ3) is 6.43. The first-order valence-electron chi connectivity index (χ1n) is 8.16. The summed E-state index contributed by atoms with van der Waals surface area (Å²) in [7, 11) is 0.242. The van der Waals surface area contributed by atoms with Crippen molar-refractivity contribution in [2.75, 3.05) is 7.11 Å². The molecule has 5 heteroatoms. The van der Waals surface area contributed by atoms with Crippen LogP contribution in [0.3, 0.4) is 0 Å². The first-order valence-corrected chi connectivity index (χ1v) is 9.31. The highest BCUT2D eigenvalue weighted by atomic mass is 32.2. The van der Waals surface area contributed by atoms with Crippen LogP contribution in [0.2, 0.25) is 0 Å². The summed E-state index contributed by atoms with van der Waals surface area (Å²) in [6, 6.07) is 7.37. The highest BCUT2D eigenvalue weighted by Crippen LogP contribution is 2.23. The third-order valence-electron chi connectivity index (χ3n) is 3.64. The monoisotopic (exact) mass is 339 g/mol. The van der Waals surface area contributed by atoms with Gasteiger partial charge >= 0.3 is 5.97 Å². The van der Waals surface area contributed by atoms with Crippen molar-refractivity contribution in [3.63, 3.8) is 0 Å². The van der Waals surface area contributed by atoms with E-state index in [1.807, 2.05) is 32.9 Å². The summed E-state index contributed by atoms with van der Waals surface area (Å²) in [6.07, 6.45) is 4.30. The molecule has 0 saturated heterocycles. The minimum atomic E-state index is -1.13. The summed E-state index contributed by atoms with van der Waals surface area (Å²) in [5, 5.41) is 0. The fourth-order valence-corrected chi connectivity index (χ4v) is 3.03. The standard InChI is InChI=1S/C18H29NO3S/c1-6-7-8-9-16(19-23(21)18(2,3)4)14-10-12-15(13-11-14)17(20)22-5/h10-13,16,19H,6-9H2,1-5H3/t16-,23-/m0/s1. The topological polar surface area (TPSA) is 55.4 Å². The summed E-state index contributed by atoms with van der Waals surface area (Å²) in [5.74, 6) is -0.342. The molecule has 0 unspecified atom stereocenters. The molecule has 0 aliphatic rings. The summed E-state index contributed by atoms with van der Waals surface area (Å²) < 4.78 is 20.1. The molecule has 1 N–H and O–H groups in total. The average Bonchev–Trinajstić information content (AvgIpc) is 2.52. The lowest BCUT2D eigenvalue weighted by Crippen LogP contribution is -2.35. The average molecular weight is 340 g/mol.